The summed E-state index contributed by atoms with van der Waals surface area (Å²) in [6, 6.07) is 11.7. The summed E-state index contributed by atoms with van der Waals surface area (Å²) in [5, 5.41) is 4.89. The van der Waals surface area contributed by atoms with Crippen LogP contribution in [0.5, 0.6) is 5.75 Å². The fraction of sp³-hybridized carbons (Fsp3) is 0.263. The Labute approximate surface area is 151 Å². The molecule has 0 unspecified atom stereocenters. The van der Waals surface area contributed by atoms with Crippen LogP contribution < -0.4 is 15.0 Å². The zero-order valence-electron chi connectivity index (χ0n) is 14.0. The maximum Gasteiger partial charge on any atom is 0.128 e. The minimum Gasteiger partial charge on any atom is -0.497 e. The Morgan fingerprint density at radius 3 is 2.68 bits per heavy atom. The maximum absolute atomic E-state index is 6.46. The van der Waals surface area contributed by atoms with Crippen LogP contribution >= 0.6 is 11.6 Å². The van der Waals surface area contributed by atoms with Gasteiger partial charge in [-0.05, 0) is 36.4 Å². The van der Waals surface area contributed by atoms with E-state index in [1.165, 1.54) is 0 Å². The molecule has 6 heteroatoms. The number of halogens is 1. The molecule has 25 heavy (non-hydrogen) atoms. The summed E-state index contributed by atoms with van der Waals surface area (Å²) >= 11 is 6.46. The van der Waals surface area contributed by atoms with Crippen molar-refractivity contribution >= 4 is 28.3 Å². The van der Waals surface area contributed by atoms with Gasteiger partial charge in [-0.15, -0.1) is 0 Å². The molecule has 3 aromatic rings. The molecule has 1 N–H and O–H groups in total. The summed E-state index contributed by atoms with van der Waals surface area (Å²) in [7, 11) is 1.64. The lowest BCUT2D eigenvalue weighted by molar-refractivity contribution is 0.415. The third kappa shape index (κ3) is 3.25. The van der Waals surface area contributed by atoms with Crippen LogP contribution in [0.2, 0.25) is 5.02 Å². The van der Waals surface area contributed by atoms with Crippen LogP contribution in [0.1, 0.15) is 0 Å². The van der Waals surface area contributed by atoms with Gasteiger partial charge in [0, 0.05) is 43.3 Å². The first-order chi connectivity index (χ1) is 12.2. The van der Waals surface area contributed by atoms with Crippen LogP contribution in [0.4, 0.5) is 5.82 Å². The van der Waals surface area contributed by atoms with Crippen molar-refractivity contribution in [2.24, 2.45) is 0 Å². The molecule has 5 nitrogen and oxygen atoms in total. The standard InChI is InChI=1S/C19H19ClN4O/c1-25-14-3-4-17-15(10-14)16(20)11-18(23-17)13-2-5-19(22-12-13)24-8-6-21-7-9-24/h2-5,10-12,21H,6-9H2,1H3. The summed E-state index contributed by atoms with van der Waals surface area (Å²) in [6.45, 7) is 3.95. The lowest BCUT2D eigenvalue weighted by Crippen LogP contribution is -2.43. The normalized spacial score (nSPS) is 14.7. The topological polar surface area (TPSA) is 50.3 Å². The number of nitrogens with zero attached hydrogens (tertiary/aromatic N) is 3. The maximum atomic E-state index is 6.46. The predicted octanol–water partition coefficient (Wildman–Crippen LogP) is 3.37. The summed E-state index contributed by atoms with van der Waals surface area (Å²) in [4.78, 5) is 11.6. The first-order valence-corrected chi connectivity index (χ1v) is 8.69. The van der Waals surface area contributed by atoms with Gasteiger partial charge in [-0.1, -0.05) is 11.6 Å². The number of benzene rings is 1. The molecule has 0 amide bonds. The van der Waals surface area contributed by atoms with Gasteiger partial charge in [0.1, 0.15) is 11.6 Å². The van der Waals surface area contributed by atoms with Crippen molar-refractivity contribution in [3.8, 4) is 17.0 Å². The van der Waals surface area contributed by atoms with Crippen molar-refractivity contribution in [2.75, 3.05) is 38.2 Å². The number of hydrogen-bond donors (Lipinski definition) is 1. The Hall–Kier alpha value is -2.37. The van der Waals surface area contributed by atoms with Crippen molar-refractivity contribution in [1.29, 1.82) is 0 Å². The van der Waals surface area contributed by atoms with E-state index in [9.17, 15) is 0 Å². The van der Waals surface area contributed by atoms with Gasteiger partial charge in [0.25, 0.3) is 0 Å². The molecule has 0 spiro atoms. The Balaban J connectivity index is 1.67. The smallest absolute Gasteiger partial charge is 0.128 e. The molecule has 1 fully saturated rings. The largest absolute Gasteiger partial charge is 0.497 e. The van der Waals surface area contributed by atoms with Gasteiger partial charge in [-0.3, -0.25) is 0 Å². The molecule has 2 aromatic heterocycles. The highest BCUT2D eigenvalue weighted by molar-refractivity contribution is 6.35. The monoisotopic (exact) mass is 354 g/mol. The summed E-state index contributed by atoms with van der Waals surface area (Å²) < 4.78 is 5.26. The number of piperazine rings is 1. The second-order valence-electron chi connectivity index (χ2n) is 6.01. The van der Waals surface area contributed by atoms with Crippen LogP contribution in [0.3, 0.4) is 0 Å². The number of ether oxygens (including phenoxy) is 1. The minimum atomic E-state index is 0.657. The summed E-state index contributed by atoms with van der Waals surface area (Å²) in [6.07, 6.45) is 1.87. The van der Waals surface area contributed by atoms with E-state index in [2.05, 4.69) is 27.3 Å². The van der Waals surface area contributed by atoms with Gasteiger partial charge in [-0.25, -0.2) is 9.97 Å². The molecule has 128 valence electrons. The Kier molecular flexibility index (Phi) is 4.42. The van der Waals surface area contributed by atoms with Crippen molar-refractivity contribution in [3.05, 3.63) is 47.6 Å². The average Bonchev–Trinajstić information content (AvgIpc) is 2.68. The number of rotatable bonds is 3. The summed E-state index contributed by atoms with van der Waals surface area (Å²) in [5.41, 5.74) is 2.62. The van der Waals surface area contributed by atoms with Crippen molar-refractivity contribution in [2.45, 2.75) is 0 Å². The van der Waals surface area contributed by atoms with Crippen LogP contribution in [0.25, 0.3) is 22.2 Å². The molecule has 0 aliphatic carbocycles. The van der Waals surface area contributed by atoms with E-state index in [4.69, 9.17) is 21.3 Å². The number of fused-ring (bicyclic) bond motifs is 1. The quantitative estimate of drug-likeness (QED) is 0.781. The molecule has 0 saturated carbocycles. The molecule has 1 saturated heterocycles. The average molecular weight is 355 g/mol. The predicted molar refractivity (Wildman–Crippen MR) is 102 cm³/mol. The zero-order chi connectivity index (χ0) is 17.2. The minimum absolute atomic E-state index is 0.657. The number of anilines is 1. The van der Waals surface area contributed by atoms with Gasteiger partial charge < -0.3 is 15.0 Å². The Morgan fingerprint density at radius 2 is 1.96 bits per heavy atom. The van der Waals surface area contributed by atoms with Gasteiger partial charge >= 0.3 is 0 Å². The van der Waals surface area contributed by atoms with Gasteiger partial charge in [0.05, 0.1) is 23.3 Å². The van der Waals surface area contributed by atoms with E-state index in [1.54, 1.807) is 7.11 Å². The fourth-order valence-electron chi connectivity index (χ4n) is 3.06. The Bertz CT molecular complexity index is 892. The SMILES string of the molecule is COc1ccc2nc(-c3ccc(N4CCNCC4)nc3)cc(Cl)c2c1. The van der Waals surface area contributed by atoms with E-state index in [1.807, 2.05) is 30.5 Å². The molecule has 3 heterocycles. The molecule has 0 atom stereocenters. The van der Waals surface area contributed by atoms with E-state index in [0.717, 1.165) is 59.9 Å². The van der Waals surface area contributed by atoms with Crippen LogP contribution in [-0.2, 0) is 0 Å². The molecular weight excluding hydrogens is 336 g/mol. The summed E-state index contributed by atoms with van der Waals surface area (Å²) in [5.74, 6) is 1.77. The highest BCUT2D eigenvalue weighted by Gasteiger charge is 2.12. The van der Waals surface area contributed by atoms with Crippen LogP contribution in [0, 0.1) is 0 Å². The van der Waals surface area contributed by atoms with Crippen LogP contribution in [0.15, 0.2) is 42.6 Å². The second kappa shape index (κ2) is 6.86. The van der Waals surface area contributed by atoms with E-state index in [-0.39, 0.29) is 0 Å². The van der Waals surface area contributed by atoms with E-state index >= 15 is 0 Å². The first kappa shape index (κ1) is 16.1. The molecule has 4 rings (SSSR count). The molecule has 0 radical (unpaired) electrons. The number of pyridine rings is 2. The van der Waals surface area contributed by atoms with Gasteiger partial charge in [0.2, 0.25) is 0 Å². The second-order valence-corrected chi connectivity index (χ2v) is 6.42. The first-order valence-electron chi connectivity index (χ1n) is 8.31. The van der Waals surface area contributed by atoms with Crippen molar-refractivity contribution in [1.82, 2.24) is 15.3 Å². The molecule has 1 aliphatic rings. The van der Waals surface area contributed by atoms with Crippen molar-refractivity contribution in [3.63, 3.8) is 0 Å². The van der Waals surface area contributed by atoms with Crippen LogP contribution in [-0.4, -0.2) is 43.3 Å². The fourth-order valence-corrected chi connectivity index (χ4v) is 3.31. The molecule has 1 aromatic carbocycles. The number of aromatic nitrogens is 2. The number of methoxy groups -OCH3 is 1. The van der Waals surface area contributed by atoms with Gasteiger partial charge in [0.15, 0.2) is 0 Å². The van der Waals surface area contributed by atoms with Gasteiger partial charge in [-0.2, -0.15) is 0 Å². The van der Waals surface area contributed by atoms with Crippen molar-refractivity contribution < 1.29 is 4.74 Å². The Morgan fingerprint density at radius 1 is 1.12 bits per heavy atom. The third-order valence-electron chi connectivity index (χ3n) is 4.45. The molecular formula is C19H19ClN4O. The highest BCUT2D eigenvalue weighted by Crippen LogP contribution is 2.30. The number of nitrogens with one attached hydrogen (secondary N) is 1. The lowest BCUT2D eigenvalue weighted by Gasteiger charge is -2.28. The van der Waals surface area contributed by atoms with E-state index < -0.39 is 0 Å². The highest BCUT2D eigenvalue weighted by atomic mass is 35.5. The van der Waals surface area contributed by atoms with E-state index in [0.29, 0.717) is 5.02 Å². The lowest BCUT2D eigenvalue weighted by atomic mass is 10.1. The molecule has 1 aliphatic heterocycles. The zero-order valence-corrected chi connectivity index (χ0v) is 14.8. The number of hydrogen-bond acceptors (Lipinski definition) is 5. The third-order valence-corrected chi connectivity index (χ3v) is 4.76. The molecule has 0 bridgehead atoms.